The number of oxazole rings is 1. The Morgan fingerprint density at radius 2 is 1.70 bits per heavy atom. The van der Waals surface area contributed by atoms with Crippen molar-refractivity contribution in [2.45, 2.75) is 0 Å². The number of benzene rings is 4. The maximum atomic E-state index is 6.45. The Morgan fingerprint density at radius 1 is 0.815 bits per heavy atom. The van der Waals surface area contributed by atoms with Gasteiger partial charge in [0.25, 0.3) is 0 Å². The molecule has 0 N–H and O–H groups in total. The van der Waals surface area contributed by atoms with Crippen LogP contribution in [0.5, 0.6) is 0 Å². The Balaban J connectivity index is 1.59. The van der Waals surface area contributed by atoms with Crippen molar-refractivity contribution in [2.75, 3.05) is 0 Å². The fraction of sp³-hybridized carbons (Fsp3) is 0. The molecule has 2 heterocycles. The van der Waals surface area contributed by atoms with Crippen LogP contribution in [0.1, 0.15) is 0 Å². The molecule has 0 spiro atoms. The highest BCUT2D eigenvalue weighted by Crippen LogP contribution is 2.40. The van der Waals surface area contributed by atoms with Crippen LogP contribution in [0.4, 0.5) is 0 Å². The first kappa shape index (κ1) is 15.2. The second-order valence-corrected chi connectivity index (χ2v) is 8.10. The first-order valence-electron chi connectivity index (χ1n) is 8.67. The number of hydrogen-bond acceptors (Lipinski definition) is 3. The van der Waals surface area contributed by atoms with E-state index < -0.39 is 0 Å². The van der Waals surface area contributed by atoms with E-state index in [2.05, 4.69) is 48.5 Å². The Kier molecular flexibility index (Phi) is 3.13. The van der Waals surface area contributed by atoms with Crippen LogP contribution in [0, 0.1) is 0 Å². The minimum Gasteiger partial charge on any atom is -0.436 e. The summed E-state index contributed by atoms with van der Waals surface area (Å²) >= 11 is 8.18. The fourth-order valence-electron chi connectivity index (χ4n) is 3.65. The number of nitrogens with zero attached hydrogens (tertiary/aromatic N) is 1. The molecule has 0 bridgehead atoms. The second-order valence-electron chi connectivity index (χ2n) is 6.61. The molecule has 4 heteroatoms. The average Bonchev–Trinajstić information content (AvgIpc) is 3.26. The van der Waals surface area contributed by atoms with Crippen molar-refractivity contribution >= 4 is 65.0 Å². The molecule has 0 unspecified atom stereocenters. The minimum atomic E-state index is 0.642. The molecule has 2 aromatic heterocycles. The first-order valence-corrected chi connectivity index (χ1v) is 9.86. The number of hydrogen-bond donors (Lipinski definition) is 0. The standard InChI is InChI=1S/C23H12ClNOS/c24-17-6-3-7-20-22(17)16-11-19-18(12-21(16)27-20)25-23(26-19)15-9-8-13-4-1-2-5-14(13)10-15/h1-12H. The third-order valence-electron chi connectivity index (χ3n) is 4.95. The Hall–Kier alpha value is -2.88. The molecule has 0 aliphatic rings. The predicted molar refractivity (Wildman–Crippen MR) is 115 cm³/mol. The molecule has 6 rings (SSSR count). The summed E-state index contributed by atoms with van der Waals surface area (Å²) in [5, 5.41) is 5.36. The minimum absolute atomic E-state index is 0.642. The van der Waals surface area contributed by atoms with E-state index in [0.29, 0.717) is 5.89 Å². The van der Waals surface area contributed by atoms with Crippen molar-refractivity contribution in [1.82, 2.24) is 4.98 Å². The van der Waals surface area contributed by atoms with Crippen LogP contribution in [-0.2, 0) is 0 Å². The monoisotopic (exact) mass is 385 g/mol. The third kappa shape index (κ3) is 2.29. The normalized spacial score (nSPS) is 11.9. The van der Waals surface area contributed by atoms with Crippen molar-refractivity contribution in [3.63, 3.8) is 0 Å². The van der Waals surface area contributed by atoms with Gasteiger partial charge in [-0.25, -0.2) is 4.98 Å². The van der Waals surface area contributed by atoms with Gasteiger partial charge in [0.05, 0.1) is 0 Å². The van der Waals surface area contributed by atoms with E-state index in [0.717, 1.165) is 32.5 Å². The summed E-state index contributed by atoms with van der Waals surface area (Å²) in [6.07, 6.45) is 0. The van der Waals surface area contributed by atoms with E-state index in [1.807, 2.05) is 24.3 Å². The van der Waals surface area contributed by atoms with Gasteiger partial charge in [-0.15, -0.1) is 11.3 Å². The zero-order valence-electron chi connectivity index (χ0n) is 14.1. The quantitative estimate of drug-likeness (QED) is 0.290. The van der Waals surface area contributed by atoms with E-state index in [-0.39, 0.29) is 0 Å². The zero-order valence-corrected chi connectivity index (χ0v) is 15.6. The van der Waals surface area contributed by atoms with E-state index in [1.165, 1.54) is 20.2 Å². The first-order chi connectivity index (χ1) is 13.3. The maximum Gasteiger partial charge on any atom is 0.227 e. The Labute approximate surface area is 163 Å². The number of rotatable bonds is 1. The summed E-state index contributed by atoms with van der Waals surface area (Å²) in [4.78, 5) is 4.74. The van der Waals surface area contributed by atoms with Gasteiger partial charge < -0.3 is 4.42 Å². The number of halogens is 1. The van der Waals surface area contributed by atoms with Crippen LogP contribution in [0.2, 0.25) is 5.02 Å². The van der Waals surface area contributed by atoms with Gasteiger partial charge in [-0.3, -0.25) is 0 Å². The van der Waals surface area contributed by atoms with Crippen molar-refractivity contribution in [3.05, 3.63) is 77.8 Å². The molecule has 0 fully saturated rings. The highest BCUT2D eigenvalue weighted by molar-refractivity contribution is 7.26. The smallest absolute Gasteiger partial charge is 0.227 e. The lowest BCUT2D eigenvalue weighted by Crippen LogP contribution is -1.78. The molecule has 6 aromatic rings. The molecule has 0 radical (unpaired) electrons. The molecule has 0 amide bonds. The number of aromatic nitrogens is 1. The van der Waals surface area contributed by atoms with Gasteiger partial charge in [-0.1, -0.05) is 48.0 Å². The van der Waals surface area contributed by atoms with Crippen LogP contribution >= 0.6 is 22.9 Å². The molecule has 27 heavy (non-hydrogen) atoms. The largest absolute Gasteiger partial charge is 0.436 e. The Bertz CT molecular complexity index is 1490. The topological polar surface area (TPSA) is 26.0 Å². The summed E-state index contributed by atoms with van der Waals surface area (Å²) in [6.45, 7) is 0. The van der Waals surface area contributed by atoms with Gasteiger partial charge in [-0.2, -0.15) is 0 Å². The van der Waals surface area contributed by atoms with Gasteiger partial charge in [0.15, 0.2) is 5.58 Å². The van der Waals surface area contributed by atoms with Crippen LogP contribution in [0.25, 0.3) is 53.5 Å². The van der Waals surface area contributed by atoms with E-state index in [9.17, 15) is 0 Å². The van der Waals surface area contributed by atoms with E-state index >= 15 is 0 Å². The Morgan fingerprint density at radius 3 is 2.63 bits per heavy atom. The van der Waals surface area contributed by atoms with Crippen LogP contribution in [0.3, 0.4) is 0 Å². The average molecular weight is 386 g/mol. The summed E-state index contributed by atoms with van der Waals surface area (Å²) in [6, 6.07) is 24.8. The molecule has 4 aromatic carbocycles. The van der Waals surface area contributed by atoms with E-state index in [1.54, 1.807) is 11.3 Å². The van der Waals surface area contributed by atoms with Gasteiger partial charge in [-0.05, 0) is 47.2 Å². The highest BCUT2D eigenvalue weighted by atomic mass is 35.5. The third-order valence-corrected chi connectivity index (χ3v) is 6.38. The summed E-state index contributed by atoms with van der Waals surface area (Å²) in [5.74, 6) is 0.642. The van der Waals surface area contributed by atoms with Gasteiger partial charge >= 0.3 is 0 Å². The lowest BCUT2D eigenvalue weighted by atomic mass is 10.1. The molecule has 0 aliphatic heterocycles. The fourth-order valence-corrected chi connectivity index (χ4v) is 5.13. The van der Waals surface area contributed by atoms with Crippen LogP contribution in [0.15, 0.2) is 77.2 Å². The van der Waals surface area contributed by atoms with Crippen molar-refractivity contribution < 1.29 is 4.42 Å². The SMILES string of the molecule is Clc1cccc2sc3cc4nc(-c5ccc6ccccc6c5)oc4cc3c12. The summed E-state index contributed by atoms with van der Waals surface area (Å²) in [7, 11) is 0. The molecule has 0 saturated carbocycles. The predicted octanol–water partition coefficient (Wildman–Crippen LogP) is 7.67. The molecule has 0 saturated heterocycles. The number of fused-ring (bicyclic) bond motifs is 5. The molecule has 0 aliphatic carbocycles. The van der Waals surface area contributed by atoms with Crippen LogP contribution < -0.4 is 0 Å². The maximum absolute atomic E-state index is 6.45. The molecular formula is C23H12ClNOS. The van der Waals surface area contributed by atoms with Crippen LogP contribution in [-0.4, -0.2) is 4.98 Å². The molecule has 128 valence electrons. The lowest BCUT2D eigenvalue weighted by Gasteiger charge is -1.99. The lowest BCUT2D eigenvalue weighted by molar-refractivity contribution is 0.620. The van der Waals surface area contributed by atoms with Gasteiger partial charge in [0.1, 0.15) is 5.52 Å². The van der Waals surface area contributed by atoms with E-state index in [4.69, 9.17) is 21.0 Å². The molecular weight excluding hydrogens is 374 g/mol. The second kappa shape index (κ2) is 5.56. The van der Waals surface area contributed by atoms with Crippen molar-refractivity contribution in [1.29, 1.82) is 0 Å². The molecule has 2 nitrogen and oxygen atoms in total. The molecule has 0 atom stereocenters. The highest BCUT2D eigenvalue weighted by Gasteiger charge is 2.14. The summed E-state index contributed by atoms with van der Waals surface area (Å²) < 4.78 is 8.47. The van der Waals surface area contributed by atoms with Crippen molar-refractivity contribution in [2.24, 2.45) is 0 Å². The number of thiophene rings is 1. The van der Waals surface area contributed by atoms with Gasteiger partial charge in [0, 0.05) is 30.8 Å². The summed E-state index contributed by atoms with van der Waals surface area (Å²) in [5.41, 5.74) is 2.63. The van der Waals surface area contributed by atoms with Gasteiger partial charge in [0.2, 0.25) is 5.89 Å². The van der Waals surface area contributed by atoms with Crippen molar-refractivity contribution in [3.8, 4) is 11.5 Å². The zero-order chi connectivity index (χ0) is 18.0.